The molecule has 0 aliphatic heterocycles. The first-order chi connectivity index (χ1) is 20.6. The molecular formula is C33H40F2N2O6. The molecule has 0 aromatic heterocycles. The van der Waals surface area contributed by atoms with Crippen molar-refractivity contribution in [3.8, 4) is 17.2 Å². The topological polar surface area (TPSA) is 97.3 Å². The van der Waals surface area contributed by atoms with E-state index in [9.17, 15) is 23.5 Å². The third kappa shape index (κ3) is 12.7. The molecule has 2 amide bonds. The minimum Gasteiger partial charge on any atom is -0.492 e. The number of carbonyl (C=O) groups excluding carboxylic acids is 1. The number of carboxylic acid groups (broad SMARTS) is 1. The lowest BCUT2D eigenvalue weighted by Crippen LogP contribution is -2.38. The zero-order valence-corrected chi connectivity index (χ0v) is 24.6. The monoisotopic (exact) mass is 598 g/mol. The van der Waals surface area contributed by atoms with Gasteiger partial charge in [0.2, 0.25) is 5.92 Å². The highest BCUT2D eigenvalue weighted by molar-refractivity contribution is 5.89. The zero-order valence-electron chi connectivity index (χ0n) is 24.6. The van der Waals surface area contributed by atoms with Gasteiger partial charge in [0.25, 0.3) is 0 Å². The Morgan fingerprint density at radius 2 is 1.53 bits per heavy atom. The van der Waals surface area contributed by atoms with Crippen molar-refractivity contribution in [1.29, 1.82) is 0 Å². The van der Waals surface area contributed by atoms with E-state index in [2.05, 4.69) is 5.32 Å². The van der Waals surface area contributed by atoms with Crippen LogP contribution in [0.5, 0.6) is 17.2 Å². The molecule has 43 heavy (non-hydrogen) atoms. The number of alkyl halides is 2. The summed E-state index contributed by atoms with van der Waals surface area (Å²) in [6.07, 6.45) is 0.650. The maximum absolute atomic E-state index is 13.2. The van der Waals surface area contributed by atoms with E-state index in [4.69, 9.17) is 14.2 Å². The Morgan fingerprint density at radius 1 is 0.884 bits per heavy atom. The van der Waals surface area contributed by atoms with Crippen molar-refractivity contribution in [2.45, 2.75) is 58.0 Å². The average Bonchev–Trinajstić information content (AvgIpc) is 2.97. The van der Waals surface area contributed by atoms with Gasteiger partial charge in [-0.15, -0.1) is 0 Å². The number of aliphatic carboxylic acids is 1. The molecule has 0 saturated carbocycles. The quantitative estimate of drug-likeness (QED) is 0.146. The maximum Gasteiger partial charge on any atom is 0.333 e. The van der Waals surface area contributed by atoms with E-state index >= 15 is 0 Å². The van der Waals surface area contributed by atoms with E-state index in [-0.39, 0.29) is 32.0 Å². The molecule has 0 heterocycles. The standard InChI is InChI=1S/C33H40F2N2O6/c1-3-41-30(31(38)39)24-25-12-16-27(17-13-25)42-23-22-37(21-9-5-8-20-33(2,34)35)32(40)36-26-14-18-29(19-15-26)43-28-10-6-4-7-11-28/h4,6-7,10-19,30H,3,5,8-9,20-24H2,1-2H3,(H,36,40)(H,38,39). The van der Waals surface area contributed by atoms with Gasteiger partial charge in [0, 0.05) is 31.7 Å². The van der Waals surface area contributed by atoms with E-state index < -0.39 is 18.0 Å². The Kier molecular flexibility index (Phi) is 13.2. The second-order valence-corrected chi connectivity index (χ2v) is 10.2. The summed E-state index contributed by atoms with van der Waals surface area (Å²) in [7, 11) is 0. The first-order valence-electron chi connectivity index (χ1n) is 14.5. The predicted octanol–water partition coefficient (Wildman–Crippen LogP) is 7.64. The van der Waals surface area contributed by atoms with Crippen LogP contribution in [-0.2, 0) is 16.0 Å². The number of hydrogen-bond donors (Lipinski definition) is 2. The third-order valence-corrected chi connectivity index (χ3v) is 6.53. The van der Waals surface area contributed by atoms with Crippen LogP contribution in [0.1, 0.15) is 45.1 Å². The van der Waals surface area contributed by atoms with Gasteiger partial charge in [-0.25, -0.2) is 18.4 Å². The number of urea groups is 1. The highest BCUT2D eigenvalue weighted by Crippen LogP contribution is 2.23. The summed E-state index contributed by atoms with van der Waals surface area (Å²) < 4.78 is 43.3. The summed E-state index contributed by atoms with van der Waals surface area (Å²) in [6, 6.07) is 23.1. The number of ether oxygens (including phenoxy) is 3. The van der Waals surface area contributed by atoms with Crippen LogP contribution in [0.4, 0.5) is 19.3 Å². The number of nitrogens with zero attached hydrogens (tertiary/aromatic N) is 1. The molecule has 10 heteroatoms. The van der Waals surface area contributed by atoms with Crippen LogP contribution in [0, 0.1) is 0 Å². The number of rotatable bonds is 18. The number of nitrogens with one attached hydrogen (secondary N) is 1. The Balaban J connectivity index is 1.55. The minimum atomic E-state index is -2.70. The van der Waals surface area contributed by atoms with Crippen LogP contribution < -0.4 is 14.8 Å². The van der Waals surface area contributed by atoms with Crippen LogP contribution in [0.15, 0.2) is 78.9 Å². The van der Waals surface area contributed by atoms with Crippen LogP contribution in [0.3, 0.4) is 0 Å². The molecule has 0 fully saturated rings. The molecule has 0 radical (unpaired) electrons. The number of halogens is 2. The second-order valence-electron chi connectivity index (χ2n) is 10.2. The van der Waals surface area contributed by atoms with Crippen molar-refractivity contribution in [1.82, 2.24) is 4.90 Å². The molecule has 3 aromatic rings. The number of hydrogen-bond acceptors (Lipinski definition) is 5. The summed E-state index contributed by atoms with van der Waals surface area (Å²) in [5.74, 6) is -1.80. The SMILES string of the molecule is CCOC(Cc1ccc(OCCN(CCCCCC(C)(F)F)C(=O)Nc2ccc(Oc3ccccc3)cc2)cc1)C(=O)O. The predicted molar refractivity (Wildman–Crippen MR) is 161 cm³/mol. The zero-order chi connectivity index (χ0) is 31.1. The van der Waals surface area contributed by atoms with Crippen LogP contribution in [-0.4, -0.2) is 60.3 Å². The second kappa shape index (κ2) is 17.1. The smallest absolute Gasteiger partial charge is 0.333 e. The first-order valence-corrected chi connectivity index (χ1v) is 14.5. The molecule has 0 aliphatic rings. The molecule has 0 aliphatic carbocycles. The number of para-hydroxylation sites is 1. The molecule has 8 nitrogen and oxygen atoms in total. The van der Waals surface area contributed by atoms with Gasteiger partial charge in [-0.1, -0.05) is 36.8 Å². The fraction of sp³-hybridized carbons (Fsp3) is 0.394. The highest BCUT2D eigenvalue weighted by atomic mass is 19.3. The number of anilines is 1. The number of amides is 2. The molecule has 1 unspecified atom stereocenters. The molecule has 2 N–H and O–H groups in total. The molecule has 0 bridgehead atoms. The van der Waals surface area contributed by atoms with Crippen molar-refractivity contribution >= 4 is 17.7 Å². The lowest BCUT2D eigenvalue weighted by atomic mass is 10.1. The van der Waals surface area contributed by atoms with Gasteiger partial charge in [-0.05, 0) is 80.8 Å². The van der Waals surface area contributed by atoms with Gasteiger partial charge in [0.15, 0.2) is 6.10 Å². The summed E-state index contributed by atoms with van der Waals surface area (Å²) >= 11 is 0. The first kappa shape index (κ1) is 33.3. The number of unbranched alkanes of at least 4 members (excludes halogenated alkanes) is 2. The fourth-order valence-electron chi connectivity index (χ4n) is 4.29. The van der Waals surface area contributed by atoms with Gasteiger partial charge < -0.3 is 29.5 Å². The Morgan fingerprint density at radius 3 is 2.16 bits per heavy atom. The lowest BCUT2D eigenvalue weighted by Gasteiger charge is -2.23. The molecule has 0 spiro atoms. The number of benzene rings is 3. The van der Waals surface area contributed by atoms with Crippen molar-refractivity contribution in [3.05, 3.63) is 84.4 Å². The molecule has 1 atom stereocenters. The third-order valence-electron chi connectivity index (χ3n) is 6.53. The van der Waals surface area contributed by atoms with Gasteiger partial charge >= 0.3 is 12.0 Å². The van der Waals surface area contributed by atoms with Gasteiger partial charge in [0.1, 0.15) is 23.9 Å². The van der Waals surface area contributed by atoms with Gasteiger partial charge in [0.05, 0.1) is 6.54 Å². The number of carbonyl (C=O) groups is 2. The fourth-order valence-corrected chi connectivity index (χ4v) is 4.29. The van der Waals surface area contributed by atoms with E-state index in [0.29, 0.717) is 55.4 Å². The molecule has 3 rings (SSSR count). The van der Waals surface area contributed by atoms with E-state index in [1.165, 1.54) is 0 Å². The van der Waals surface area contributed by atoms with Crippen molar-refractivity contribution in [2.24, 2.45) is 0 Å². The summed E-state index contributed by atoms with van der Waals surface area (Å²) in [5.41, 5.74) is 1.39. The average molecular weight is 599 g/mol. The largest absolute Gasteiger partial charge is 0.492 e. The Bertz CT molecular complexity index is 1250. The molecule has 3 aromatic carbocycles. The molecular weight excluding hydrogens is 558 g/mol. The van der Waals surface area contributed by atoms with Crippen molar-refractivity contribution < 1.29 is 37.7 Å². The van der Waals surface area contributed by atoms with E-state index in [0.717, 1.165) is 12.5 Å². The van der Waals surface area contributed by atoms with Crippen molar-refractivity contribution in [2.75, 3.05) is 31.6 Å². The van der Waals surface area contributed by atoms with Crippen LogP contribution in [0.25, 0.3) is 0 Å². The van der Waals surface area contributed by atoms with E-state index in [1.54, 1.807) is 60.4 Å². The highest BCUT2D eigenvalue weighted by Gasteiger charge is 2.20. The van der Waals surface area contributed by atoms with Crippen LogP contribution in [0.2, 0.25) is 0 Å². The normalized spacial score (nSPS) is 11.9. The lowest BCUT2D eigenvalue weighted by molar-refractivity contribution is -0.149. The number of carboxylic acids is 1. The van der Waals surface area contributed by atoms with E-state index in [1.807, 2.05) is 30.3 Å². The summed E-state index contributed by atoms with van der Waals surface area (Å²) in [5, 5.41) is 12.2. The maximum atomic E-state index is 13.2. The molecule has 232 valence electrons. The van der Waals surface area contributed by atoms with Gasteiger partial charge in [-0.2, -0.15) is 0 Å². The van der Waals surface area contributed by atoms with Crippen LogP contribution >= 0.6 is 0 Å². The Labute approximate surface area is 251 Å². The molecule has 0 saturated heterocycles. The summed E-state index contributed by atoms with van der Waals surface area (Å²) in [4.78, 5) is 26.1. The van der Waals surface area contributed by atoms with Crippen molar-refractivity contribution in [3.63, 3.8) is 0 Å². The Hall–Kier alpha value is -4.18. The summed E-state index contributed by atoms with van der Waals surface area (Å²) in [6.45, 7) is 3.83. The van der Waals surface area contributed by atoms with Gasteiger partial charge in [-0.3, -0.25) is 0 Å². The minimum absolute atomic E-state index is 0.187.